The van der Waals surface area contributed by atoms with Crippen molar-refractivity contribution in [2.75, 3.05) is 5.32 Å². The number of alkyl halides is 3. The molecule has 0 heterocycles. The second-order valence-corrected chi connectivity index (χ2v) is 3.67. The Kier molecular flexibility index (Phi) is 3.93. The summed E-state index contributed by atoms with van der Waals surface area (Å²) in [5, 5.41) is 13.0. The third kappa shape index (κ3) is 4.71. The van der Waals surface area contributed by atoms with E-state index in [1.807, 2.05) is 0 Å². The fourth-order valence-corrected chi connectivity index (χ4v) is 1.36. The van der Waals surface area contributed by atoms with E-state index >= 15 is 0 Å². The van der Waals surface area contributed by atoms with Gasteiger partial charge in [-0.2, -0.15) is 13.2 Å². The Morgan fingerprint density at radius 1 is 1.35 bits per heavy atom. The molecular weight excluding hydrogens is 237 g/mol. The average molecular weight is 248 g/mol. The average Bonchev–Trinajstić information content (AvgIpc) is 2.15. The first-order valence-corrected chi connectivity index (χ1v) is 4.85. The molecule has 0 aliphatic heterocycles. The Morgan fingerprint density at radius 2 is 1.88 bits per heavy atom. The first-order chi connectivity index (χ1) is 7.78. The molecule has 1 aromatic rings. The van der Waals surface area contributed by atoms with Crippen LogP contribution >= 0.6 is 0 Å². The lowest BCUT2D eigenvalue weighted by Crippen LogP contribution is -2.23. The predicted octanol–water partition coefficient (Wildman–Crippen LogP) is 3.35. The molecule has 0 saturated carbocycles. The molecule has 0 aromatic heterocycles. The number of non-ortho nitro benzene ring substituents is 1. The summed E-state index contributed by atoms with van der Waals surface area (Å²) in [6.45, 7) is 1.40. The molecule has 1 aromatic carbocycles. The highest BCUT2D eigenvalue weighted by molar-refractivity contribution is 5.48. The Labute approximate surface area is 95.6 Å². The Morgan fingerprint density at radius 3 is 2.29 bits per heavy atom. The number of nitro benzene ring substituents is 1. The molecule has 0 aliphatic carbocycles. The molecule has 0 aliphatic rings. The minimum atomic E-state index is -4.23. The van der Waals surface area contributed by atoms with Crippen LogP contribution in [0.25, 0.3) is 0 Å². The van der Waals surface area contributed by atoms with Crippen LogP contribution in [0.5, 0.6) is 0 Å². The van der Waals surface area contributed by atoms with E-state index in [2.05, 4.69) is 5.32 Å². The van der Waals surface area contributed by atoms with Crippen molar-refractivity contribution in [2.24, 2.45) is 0 Å². The van der Waals surface area contributed by atoms with Crippen molar-refractivity contribution in [3.05, 3.63) is 34.4 Å². The molecular formula is C10H11F3N2O2. The van der Waals surface area contributed by atoms with E-state index in [1.165, 1.54) is 31.2 Å². The summed E-state index contributed by atoms with van der Waals surface area (Å²) < 4.78 is 36.1. The van der Waals surface area contributed by atoms with Crippen LogP contribution in [0, 0.1) is 10.1 Å². The van der Waals surface area contributed by atoms with Gasteiger partial charge >= 0.3 is 6.18 Å². The molecule has 7 heteroatoms. The summed E-state index contributed by atoms with van der Waals surface area (Å²) >= 11 is 0. The highest BCUT2D eigenvalue weighted by Crippen LogP contribution is 2.23. The number of rotatable bonds is 4. The zero-order valence-electron chi connectivity index (χ0n) is 8.99. The van der Waals surface area contributed by atoms with E-state index in [4.69, 9.17) is 0 Å². The summed E-state index contributed by atoms with van der Waals surface area (Å²) in [6.07, 6.45) is -5.18. The number of anilines is 1. The molecule has 0 radical (unpaired) electrons. The minimum Gasteiger partial charge on any atom is -0.382 e. The fourth-order valence-electron chi connectivity index (χ4n) is 1.36. The number of halogens is 3. The third-order valence-corrected chi connectivity index (χ3v) is 2.03. The van der Waals surface area contributed by atoms with Gasteiger partial charge in [-0.25, -0.2) is 0 Å². The van der Waals surface area contributed by atoms with Gasteiger partial charge in [-0.3, -0.25) is 10.1 Å². The number of hydrogen-bond donors (Lipinski definition) is 1. The number of nitrogens with zero attached hydrogens (tertiary/aromatic N) is 1. The minimum absolute atomic E-state index is 0.0981. The maximum absolute atomic E-state index is 12.0. The van der Waals surface area contributed by atoms with Gasteiger partial charge in [0.2, 0.25) is 0 Å². The van der Waals surface area contributed by atoms with E-state index in [0.29, 0.717) is 5.69 Å². The lowest BCUT2D eigenvalue weighted by atomic mass is 10.2. The van der Waals surface area contributed by atoms with Gasteiger partial charge < -0.3 is 5.32 Å². The second kappa shape index (κ2) is 5.03. The van der Waals surface area contributed by atoms with Gasteiger partial charge in [0.05, 0.1) is 11.3 Å². The largest absolute Gasteiger partial charge is 0.391 e. The summed E-state index contributed by atoms with van der Waals surface area (Å²) in [5.41, 5.74) is 0.325. The van der Waals surface area contributed by atoms with Crippen molar-refractivity contribution in [3.63, 3.8) is 0 Å². The highest BCUT2D eigenvalue weighted by Gasteiger charge is 2.29. The van der Waals surface area contributed by atoms with Crippen molar-refractivity contribution in [3.8, 4) is 0 Å². The van der Waals surface area contributed by atoms with Gasteiger partial charge in [-0.1, -0.05) is 0 Å². The van der Waals surface area contributed by atoms with E-state index < -0.39 is 23.6 Å². The number of benzene rings is 1. The Hall–Kier alpha value is -1.79. The van der Waals surface area contributed by atoms with Crippen LogP contribution in [0.3, 0.4) is 0 Å². The highest BCUT2D eigenvalue weighted by atomic mass is 19.4. The second-order valence-electron chi connectivity index (χ2n) is 3.67. The van der Waals surface area contributed by atoms with Crippen LogP contribution < -0.4 is 5.32 Å². The van der Waals surface area contributed by atoms with Crippen molar-refractivity contribution < 1.29 is 18.1 Å². The maximum atomic E-state index is 12.0. The molecule has 0 saturated heterocycles. The van der Waals surface area contributed by atoms with Gasteiger partial charge in [0.25, 0.3) is 5.69 Å². The zero-order chi connectivity index (χ0) is 13.1. The third-order valence-electron chi connectivity index (χ3n) is 2.03. The molecule has 0 fully saturated rings. The van der Waals surface area contributed by atoms with Crippen molar-refractivity contribution >= 4 is 11.4 Å². The molecule has 1 unspecified atom stereocenters. The quantitative estimate of drug-likeness (QED) is 0.656. The lowest BCUT2D eigenvalue weighted by Gasteiger charge is -2.16. The predicted molar refractivity (Wildman–Crippen MR) is 56.9 cm³/mol. The van der Waals surface area contributed by atoms with Gasteiger partial charge in [-0.15, -0.1) is 0 Å². The summed E-state index contributed by atoms with van der Waals surface area (Å²) in [4.78, 5) is 9.79. The summed E-state index contributed by atoms with van der Waals surface area (Å²) in [5.74, 6) is 0. The van der Waals surface area contributed by atoms with Gasteiger partial charge in [0, 0.05) is 23.9 Å². The van der Waals surface area contributed by atoms with Crippen LogP contribution in [-0.2, 0) is 0 Å². The lowest BCUT2D eigenvalue weighted by molar-refractivity contribution is -0.384. The van der Waals surface area contributed by atoms with Crippen molar-refractivity contribution in [1.29, 1.82) is 0 Å². The molecule has 17 heavy (non-hydrogen) atoms. The molecule has 0 spiro atoms. The van der Waals surface area contributed by atoms with Crippen LogP contribution in [-0.4, -0.2) is 17.1 Å². The first-order valence-electron chi connectivity index (χ1n) is 4.85. The Balaban J connectivity index is 2.60. The van der Waals surface area contributed by atoms with Gasteiger partial charge in [0.1, 0.15) is 0 Å². The molecule has 1 atom stereocenters. The van der Waals surface area contributed by atoms with Crippen LogP contribution in [0.15, 0.2) is 24.3 Å². The molecule has 4 nitrogen and oxygen atoms in total. The van der Waals surface area contributed by atoms with Crippen molar-refractivity contribution in [2.45, 2.75) is 25.6 Å². The fraction of sp³-hybridized carbons (Fsp3) is 0.400. The monoisotopic (exact) mass is 248 g/mol. The van der Waals surface area contributed by atoms with E-state index in [9.17, 15) is 23.3 Å². The van der Waals surface area contributed by atoms with E-state index in [1.54, 1.807) is 0 Å². The molecule has 0 amide bonds. The SMILES string of the molecule is CC(CC(F)(F)F)Nc1ccc([N+](=O)[O-])cc1. The zero-order valence-corrected chi connectivity index (χ0v) is 8.99. The van der Waals surface area contributed by atoms with E-state index in [-0.39, 0.29) is 5.69 Å². The Bertz CT molecular complexity index is 390. The normalized spacial score (nSPS) is 13.2. The van der Waals surface area contributed by atoms with Gasteiger partial charge in [-0.05, 0) is 19.1 Å². The topological polar surface area (TPSA) is 55.2 Å². The number of nitro groups is 1. The smallest absolute Gasteiger partial charge is 0.382 e. The van der Waals surface area contributed by atoms with Crippen LogP contribution in [0.1, 0.15) is 13.3 Å². The maximum Gasteiger partial charge on any atom is 0.391 e. The molecule has 0 bridgehead atoms. The standard InChI is InChI=1S/C10H11F3N2O2/c1-7(6-10(11,12)13)14-8-2-4-9(5-3-8)15(16)17/h2-5,7,14H,6H2,1H3. The molecule has 1 N–H and O–H groups in total. The molecule has 1 rings (SSSR count). The van der Waals surface area contributed by atoms with Crippen molar-refractivity contribution in [1.82, 2.24) is 0 Å². The van der Waals surface area contributed by atoms with Gasteiger partial charge in [0.15, 0.2) is 0 Å². The summed E-state index contributed by atoms with van der Waals surface area (Å²) in [7, 11) is 0. The van der Waals surface area contributed by atoms with Crippen LogP contribution in [0.4, 0.5) is 24.5 Å². The summed E-state index contributed by atoms with van der Waals surface area (Å²) in [6, 6.07) is 4.46. The van der Waals surface area contributed by atoms with Crippen LogP contribution in [0.2, 0.25) is 0 Å². The van der Waals surface area contributed by atoms with E-state index in [0.717, 1.165) is 0 Å². The number of nitrogens with one attached hydrogen (secondary N) is 1. The first kappa shape index (κ1) is 13.3. The molecule has 94 valence electrons. The number of hydrogen-bond acceptors (Lipinski definition) is 3.